The molecular formula is C15H19N. The Morgan fingerprint density at radius 2 is 1.94 bits per heavy atom. The van der Waals surface area contributed by atoms with Crippen LogP contribution in [-0.2, 0) is 0 Å². The highest BCUT2D eigenvalue weighted by molar-refractivity contribution is 6.31. The first kappa shape index (κ1) is 12.4. The Balaban J connectivity index is 3.30. The van der Waals surface area contributed by atoms with Crippen LogP contribution in [-0.4, -0.2) is 12.8 Å². The fraction of sp³-hybridized carbons (Fsp3) is 0.267. The fourth-order valence-electron chi connectivity index (χ4n) is 1.84. The van der Waals surface area contributed by atoms with Gasteiger partial charge in [-0.15, -0.1) is 0 Å². The molecule has 84 valence electrons. The maximum Gasteiger partial charge on any atom is 0.0669 e. The van der Waals surface area contributed by atoms with Crippen LogP contribution in [0, 0.1) is 6.92 Å². The van der Waals surface area contributed by atoms with Crippen molar-refractivity contribution in [1.82, 2.24) is 0 Å². The van der Waals surface area contributed by atoms with Gasteiger partial charge >= 0.3 is 0 Å². The molecule has 1 heteroatoms. The smallest absolute Gasteiger partial charge is 0.0669 e. The van der Waals surface area contributed by atoms with Crippen molar-refractivity contribution in [2.75, 3.05) is 7.05 Å². The maximum absolute atomic E-state index is 4.33. The van der Waals surface area contributed by atoms with Gasteiger partial charge < -0.3 is 0 Å². The van der Waals surface area contributed by atoms with Gasteiger partial charge in [-0.2, -0.15) is 0 Å². The van der Waals surface area contributed by atoms with E-state index in [2.05, 4.69) is 48.8 Å². The number of aryl methyl sites for hydroxylation is 1. The predicted octanol–water partition coefficient (Wildman–Crippen LogP) is 4.05. The van der Waals surface area contributed by atoms with Crippen molar-refractivity contribution < 1.29 is 0 Å². The number of nitrogens with zero attached hydrogens (tertiary/aromatic N) is 1. The first-order valence-electron chi connectivity index (χ1n) is 5.47. The molecule has 0 saturated carbocycles. The van der Waals surface area contributed by atoms with E-state index in [-0.39, 0.29) is 0 Å². The third-order valence-electron chi connectivity index (χ3n) is 2.61. The summed E-state index contributed by atoms with van der Waals surface area (Å²) in [6, 6.07) is 8.34. The predicted molar refractivity (Wildman–Crippen MR) is 73.0 cm³/mol. The van der Waals surface area contributed by atoms with E-state index in [0.29, 0.717) is 0 Å². The van der Waals surface area contributed by atoms with Crippen molar-refractivity contribution in [3.8, 4) is 0 Å². The van der Waals surface area contributed by atoms with E-state index < -0.39 is 0 Å². The molecule has 0 aliphatic heterocycles. The summed E-state index contributed by atoms with van der Waals surface area (Å²) < 4.78 is 0. The Morgan fingerprint density at radius 3 is 2.38 bits per heavy atom. The molecule has 0 atom stereocenters. The molecule has 0 aliphatic carbocycles. The number of rotatable bonds is 3. The molecule has 0 aliphatic rings. The lowest BCUT2D eigenvalue weighted by Crippen LogP contribution is -2.04. The summed E-state index contributed by atoms with van der Waals surface area (Å²) in [5.74, 6) is 0. The van der Waals surface area contributed by atoms with Gasteiger partial charge in [0.05, 0.1) is 5.71 Å². The molecule has 0 spiro atoms. The van der Waals surface area contributed by atoms with Gasteiger partial charge in [-0.25, -0.2) is 0 Å². The third-order valence-corrected chi connectivity index (χ3v) is 2.61. The Hall–Kier alpha value is -1.63. The Kier molecular flexibility index (Phi) is 4.24. The van der Waals surface area contributed by atoms with Crippen LogP contribution in [0.3, 0.4) is 0 Å². The van der Waals surface area contributed by atoms with Crippen LogP contribution in [0.25, 0.3) is 5.57 Å². The largest absolute Gasteiger partial charge is 0.288 e. The molecule has 0 heterocycles. The lowest BCUT2D eigenvalue weighted by molar-refractivity contribution is 1.39. The summed E-state index contributed by atoms with van der Waals surface area (Å²) in [4.78, 5) is 4.33. The Bertz CT molecular complexity index is 450. The van der Waals surface area contributed by atoms with Gasteiger partial charge in [-0.3, -0.25) is 4.99 Å². The summed E-state index contributed by atoms with van der Waals surface area (Å²) in [7, 11) is 1.81. The molecule has 1 aromatic rings. The summed E-state index contributed by atoms with van der Waals surface area (Å²) >= 11 is 0. The highest BCUT2D eigenvalue weighted by atomic mass is 14.7. The molecule has 1 rings (SSSR count). The molecule has 1 nitrogen and oxygen atoms in total. The van der Waals surface area contributed by atoms with E-state index in [0.717, 1.165) is 16.9 Å². The van der Waals surface area contributed by atoms with Gasteiger partial charge in [0, 0.05) is 12.6 Å². The van der Waals surface area contributed by atoms with E-state index >= 15 is 0 Å². The van der Waals surface area contributed by atoms with Crippen molar-refractivity contribution in [3.05, 3.63) is 53.6 Å². The SMILES string of the molecule is C=C(C)C(=NC)/C(=C\C)c1ccccc1C. The molecular weight excluding hydrogens is 194 g/mol. The van der Waals surface area contributed by atoms with Crippen molar-refractivity contribution in [2.45, 2.75) is 20.8 Å². The van der Waals surface area contributed by atoms with Gasteiger partial charge in [0.1, 0.15) is 0 Å². The second kappa shape index (κ2) is 5.45. The van der Waals surface area contributed by atoms with Crippen molar-refractivity contribution in [2.24, 2.45) is 4.99 Å². The zero-order valence-electron chi connectivity index (χ0n) is 10.5. The average Bonchev–Trinajstić information content (AvgIpc) is 2.26. The number of allylic oxidation sites excluding steroid dienone is 3. The van der Waals surface area contributed by atoms with E-state index in [4.69, 9.17) is 0 Å². The first-order valence-corrected chi connectivity index (χ1v) is 5.47. The molecule has 16 heavy (non-hydrogen) atoms. The van der Waals surface area contributed by atoms with Gasteiger partial charge in [0.15, 0.2) is 0 Å². The minimum atomic E-state index is 0.983. The normalized spacial score (nSPS) is 12.8. The Morgan fingerprint density at radius 1 is 1.31 bits per heavy atom. The van der Waals surface area contributed by atoms with E-state index in [9.17, 15) is 0 Å². The molecule has 0 N–H and O–H groups in total. The summed E-state index contributed by atoms with van der Waals surface area (Å²) in [5, 5.41) is 0. The van der Waals surface area contributed by atoms with Gasteiger partial charge in [-0.05, 0) is 37.5 Å². The maximum atomic E-state index is 4.33. The molecule has 0 radical (unpaired) electrons. The van der Waals surface area contributed by atoms with Crippen LogP contribution in [0.2, 0.25) is 0 Å². The van der Waals surface area contributed by atoms with E-state index in [1.165, 1.54) is 11.1 Å². The number of hydrogen-bond acceptors (Lipinski definition) is 1. The van der Waals surface area contributed by atoms with E-state index in [1.807, 2.05) is 20.9 Å². The molecule has 0 aromatic heterocycles. The van der Waals surface area contributed by atoms with Crippen molar-refractivity contribution >= 4 is 11.3 Å². The molecule has 1 aromatic carbocycles. The summed E-state index contributed by atoms with van der Waals surface area (Å²) in [6.45, 7) is 10.1. The second-order valence-corrected chi connectivity index (χ2v) is 3.87. The molecule has 0 bridgehead atoms. The van der Waals surface area contributed by atoms with Crippen LogP contribution in [0.5, 0.6) is 0 Å². The Labute approximate surface area is 98.2 Å². The average molecular weight is 213 g/mol. The van der Waals surface area contributed by atoms with Crippen molar-refractivity contribution in [1.29, 1.82) is 0 Å². The van der Waals surface area contributed by atoms with Gasteiger partial charge in [-0.1, -0.05) is 36.9 Å². The minimum Gasteiger partial charge on any atom is -0.288 e. The third kappa shape index (κ3) is 2.48. The number of benzene rings is 1. The molecule has 0 saturated heterocycles. The first-order chi connectivity index (χ1) is 7.61. The highest BCUT2D eigenvalue weighted by Crippen LogP contribution is 2.22. The fourth-order valence-corrected chi connectivity index (χ4v) is 1.84. The topological polar surface area (TPSA) is 12.4 Å². The summed E-state index contributed by atoms with van der Waals surface area (Å²) in [5.41, 5.74) is 5.63. The molecule has 0 unspecified atom stereocenters. The van der Waals surface area contributed by atoms with E-state index in [1.54, 1.807) is 0 Å². The second-order valence-electron chi connectivity index (χ2n) is 3.87. The van der Waals surface area contributed by atoms with Crippen LogP contribution in [0.4, 0.5) is 0 Å². The lowest BCUT2D eigenvalue weighted by atomic mass is 9.94. The zero-order valence-corrected chi connectivity index (χ0v) is 10.5. The van der Waals surface area contributed by atoms with Crippen molar-refractivity contribution in [3.63, 3.8) is 0 Å². The van der Waals surface area contributed by atoms with Crippen LogP contribution in [0.1, 0.15) is 25.0 Å². The van der Waals surface area contributed by atoms with Gasteiger partial charge in [0.25, 0.3) is 0 Å². The molecule has 0 fully saturated rings. The van der Waals surface area contributed by atoms with Crippen LogP contribution < -0.4 is 0 Å². The summed E-state index contributed by atoms with van der Waals surface area (Å²) in [6.07, 6.45) is 2.10. The van der Waals surface area contributed by atoms with Gasteiger partial charge in [0.2, 0.25) is 0 Å². The lowest BCUT2D eigenvalue weighted by Gasteiger charge is -2.12. The number of aliphatic imine (C=N–C) groups is 1. The zero-order chi connectivity index (χ0) is 12.1. The quantitative estimate of drug-likeness (QED) is 0.672. The minimum absolute atomic E-state index is 0.983. The van der Waals surface area contributed by atoms with Crippen LogP contribution in [0.15, 0.2) is 47.5 Å². The highest BCUT2D eigenvalue weighted by Gasteiger charge is 2.10. The number of hydrogen-bond donors (Lipinski definition) is 0. The monoisotopic (exact) mass is 213 g/mol. The van der Waals surface area contributed by atoms with Crippen LogP contribution >= 0.6 is 0 Å². The molecule has 0 amide bonds. The standard InChI is InChI=1S/C15H19N/c1-6-13(15(16-5)11(2)3)14-10-8-7-9-12(14)4/h6-10H,2H2,1,3-5H3/b13-6-,16-15?.